The van der Waals surface area contributed by atoms with Gasteiger partial charge in [-0.25, -0.2) is 0 Å². The lowest BCUT2D eigenvalue weighted by molar-refractivity contribution is -0.117. The van der Waals surface area contributed by atoms with Gasteiger partial charge in [0.2, 0.25) is 5.91 Å². The lowest BCUT2D eigenvalue weighted by atomic mass is 9.96. The van der Waals surface area contributed by atoms with E-state index in [9.17, 15) is 4.79 Å². The number of nitrogens with zero attached hydrogens (tertiary/aromatic N) is 2. The molecule has 27 heavy (non-hydrogen) atoms. The molecule has 0 spiro atoms. The summed E-state index contributed by atoms with van der Waals surface area (Å²) in [5, 5.41) is 7.49. The molecule has 0 aromatic heterocycles. The van der Waals surface area contributed by atoms with Crippen molar-refractivity contribution in [1.29, 1.82) is 0 Å². The Morgan fingerprint density at radius 3 is 2.52 bits per heavy atom. The van der Waals surface area contributed by atoms with E-state index in [2.05, 4.69) is 33.4 Å². The highest BCUT2D eigenvalue weighted by Crippen LogP contribution is 2.19. The number of piperazine rings is 1. The van der Waals surface area contributed by atoms with Crippen molar-refractivity contribution in [2.24, 2.45) is 0 Å². The number of hydrogen-bond acceptors (Lipinski definition) is 3. The number of carbonyl (C=O) groups is 1. The molecule has 1 saturated heterocycles. The Hall–Kier alpha value is -1.66. The van der Waals surface area contributed by atoms with Crippen LogP contribution in [0.3, 0.4) is 0 Å². The summed E-state index contributed by atoms with van der Waals surface area (Å²) in [5.74, 6) is 0.0556. The molecule has 0 radical (unpaired) electrons. The van der Waals surface area contributed by atoms with E-state index in [0.29, 0.717) is 12.6 Å². The molecular formula is C21H32N4OS. The Morgan fingerprint density at radius 2 is 1.81 bits per heavy atom. The van der Waals surface area contributed by atoms with Gasteiger partial charge in [0.1, 0.15) is 0 Å². The average Bonchev–Trinajstić information content (AvgIpc) is 2.67. The second kappa shape index (κ2) is 9.51. The summed E-state index contributed by atoms with van der Waals surface area (Å²) in [6.45, 7) is 8.05. The minimum absolute atomic E-state index is 0.0556. The van der Waals surface area contributed by atoms with Crippen molar-refractivity contribution >= 4 is 28.9 Å². The second-order valence-electron chi connectivity index (χ2n) is 7.84. The Kier molecular flexibility index (Phi) is 7.07. The van der Waals surface area contributed by atoms with Crippen molar-refractivity contribution in [2.75, 3.05) is 38.0 Å². The predicted molar refractivity (Wildman–Crippen MR) is 115 cm³/mol. The zero-order valence-corrected chi connectivity index (χ0v) is 17.4. The van der Waals surface area contributed by atoms with Gasteiger partial charge in [-0.05, 0) is 56.1 Å². The van der Waals surface area contributed by atoms with Gasteiger partial charge in [-0.15, -0.1) is 0 Å². The van der Waals surface area contributed by atoms with Crippen molar-refractivity contribution < 1.29 is 4.79 Å². The van der Waals surface area contributed by atoms with Gasteiger partial charge < -0.3 is 15.5 Å². The van der Waals surface area contributed by atoms with Crippen molar-refractivity contribution in [2.45, 2.75) is 52.0 Å². The number of anilines is 1. The maximum Gasteiger partial charge on any atom is 0.238 e. The lowest BCUT2D eigenvalue weighted by Crippen LogP contribution is -2.54. The zero-order chi connectivity index (χ0) is 19.2. The Labute approximate surface area is 168 Å². The van der Waals surface area contributed by atoms with E-state index in [4.69, 9.17) is 12.2 Å². The van der Waals surface area contributed by atoms with Crippen molar-refractivity contribution in [3.8, 4) is 0 Å². The van der Waals surface area contributed by atoms with E-state index < -0.39 is 0 Å². The second-order valence-corrected chi connectivity index (χ2v) is 8.23. The van der Waals surface area contributed by atoms with Gasteiger partial charge in [0.25, 0.3) is 0 Å². The van der Waals surface area contributed by atoms with Crippen LogP contribution in [0.4, 0.5) is 5.69 Å². The average molecular weight is 389 g/mol. The molecule has 1 aliphatic heterocycles. The van der Waals surface area contributed by atoms with Crippen LogP contribution in [0, 0.1) is 13.8 Å². The SMILES string of the molecule is Cc1cccc(NC(=O)CN2CCN(C(=S)NC3CCCCC3)CC2)c1C. The van der Waals surface area contributed by atoms with Crippen LogP contribution in [0.15, 0.2) is 18.2 Å². The molecule has 0 atom stereocenters. The predicted octanol–water partition coefficient (Wildman–Crippen LogP) is 3.07. The van der Waals surface area contributed by atoms with Crippen LogP contribution >= 0.6 is 12.2 Å². The Morgan fingerprint density at radius 1 is 1.11 bits per heavy atom. The summed E-state index contributed by atoms with van der Waals surface area (Å²) in [4.78, 5) is 16.9. The van der Waals surface area contributed by atoms with Gasteiger partial charge in [0.15, 0.2) is 5.11 Å². The van der Waals surface area contributed by atoms with Crippen LogP contribution in [0.5, 0.6) is 0 Å². The first-order valence-corrected chi connectivity index (χ1v) is 10.6. The number of hydrogen-bond donors (Lipinski definition) is 2. The first-order chi connectivity index (χ1) is 13.0. The fourth-order valence-corrected chi connectivity index (χ4v) is 4.25. The summed E-state index contributed by atoms with van der Waals surface area (Å²) in [7, 11) is 0. The summed E-state index contributed by atoms with van der Waals surface area (Å²) in [6, 6.07) is 6.56. The third kappa shape index (κ3) is 5.66. The number of benzene rings is 1. The normalized spacial score (nSPS) is 19.0. The molecule has 0 unspecified atom stereocenters. The van der Waals surface area contributed by atoms with Gasteiger partial charge in [-0.1, -0.05) is 31.4 Å². The molecule has 2 N–H and O–H groups in total. The molecule has 1 aromatic rings. The molecule has 1 aliphatic carbocycles. The Bertz CT molecular complexity index is 664. The minimum atomic E-state index is 0.0556. The van der Waals surface area contributed by atoms with E-state index in [-0.39, 0.29) is 5.91 Å². The molecule has 1 aromatic carbocycles. The minimum Gasteiger partial charge on any atom is -0.360 e. The third-order valence-electron chi connectivity index (χ3n) is 5.84. The van der Waals surface area contributed by atoms with Crippen LogP contribution in [-0.4, -0.2) is 59.6 Å². The van der Waals surface area contributed by atoms with E-state index in [1.807, 2.05) is 19.1 Å². The van der Waals surface area contributed by atoms with Crippen LogP contribution in [0.2, 0.25) is 0 Å². The molecular weight excluding hydrogens is 356 g/mol. The molecule has 1 saturated carbocycles. The van der Waals surface area contributed by atoms with Gasteiger partial charge in [-0.3, -0.25) is 9.69 Å². The molecule has 148 valence electrons. The fraction of sp³-hybridized carbons (Fsp3) is 0.619. The maximum absolute atomic E-state index is 12.4. The number of nitrogens with one attached hydrogen (secondary N) is 2. The molecule has 5 nitrogen and oxygen atoms in total. The van der Waals surface area contributed by atoms with Crippen LogP contribution in [0.1, 0.15) is 43.2 Å². The van der Waals surface area contributed by atoms with E-state index in [1.54, 1.807) is 0 Å². The molecule has 3 rings (SSSR count). The summed E-state index contributed by atoms with van der Waals surface area (Å²) in [5.41, 5.74) is 3.24. The number of thiocarbonyl (C=S) groups is 1. The highest BCUT2D eigenvalue weighted by Gasteiger charge is 2.22. The molecule has 0 bridgehead atoms. The van der Waals surface area contributed by atoms with E-state index >= 15 is 0 Å². The first-order valence-electron chi connectivity index (χ1n) is 10.2. The highest BCUT2D eigenvalue weighted by molar-refractivity contribution is 7.80. The molecule has 1 heterocycles. The lowest BCUT2D eigenvalue weighted by Gasteiger charge is -2.37. The van der Waals surface area contributed by atoms with Gasteiger partial charge in [0.05, 0.1) is 6.54 Å². The number of amides is 1. The van der Waals surface area contributed by atoms with E-state index in [1.165, 1.54) is 37.7 Å². The largest absolute Gasteiger partial charge is 0.360 e. The van der Waals surface area contributed by atoms with Crippen molar-refractivity contribution in [3.05, 3.63) is 29.3 Å². The smallest absolute Gasteiger partial charge is 0.238 e. The quantitative estimate of drug-likeness (QED) is 0.777. The van der Waals surface area contributed by atoms with Crippen LogP contribution < -0.4 is 10.6 Å². The number of carbonyl (C=O) groups excluding carboxylic acids is 1. The summed E-state index contributed by atoms with van der Waals surface area (Å²) < 4.78 is 0. The van der Waals surface area contributed by atoms with Gasteiger partial charge in [0, 0.05) is 37.9 Å². The van der Waals surface area contributed by atoms with Crippen LogP contribution in [0.25, 0.3) is 0 Å². The topological polar surface area (TPSA) is 47.6 Å². The standard InChI is InChI=1S/C21H32N4OS/c1-16-7-6-10-19(17(16)2)23-20(26)15-24-11-13-25(14-12-24)21(27)22-18-8-4-3-5-9-18/h6-7,10,18H,3-5,8-9,11-15H2,1-2H3,(H,22,27)(H,23,26). The van der Waals surface area contributed by atoms with Gasteiger partial charge in [-0.2, -0.15) is 0 Å². The first kappa shape index (κ1) is 20.1. The van der Waals surface area contributed by atoms with Crippen LogP contribution in [-0.2, 0) is 4.79 Å². The molecule has 6 heteroatoms. The zero-order valence-electron chi connectivity index (χ0n) is 16.6. The maximum atomic E-state index is 12.4. The monoisotopic (exact) mass is 388 g/mol. The fourth-order valence-electron chi connectivity index (χ4n) is 3.90. The third-order valence-corrected chi connectivity index (χ3v) is 6.21. The van der Waals surface area contributed by atoms with E-state index in [0.717, 1.165) is 42.5 Å². The molecule has 2 fully saturated rings. The van der Waals surface area contributed by atoms with Gasteiger partial charge >= 0.3 is 0 Å². The van der Waals surface area contributed by atoms with Crippen molar-refractivity contribution in [1.82, 2.24) is 15.1 Å². The molecule has 1 amide bonds. The number of aryl methyl sites for hydroxylation is 1. The number of rotatable bonds is 4. The Balaban J connectivity index is 1.41. The summed E-state index contributed by atoms with van der Waals surface area (Å²) >= 11 is 5.61. The highest BCUT2D eigenvalue weighted by atomic mass is 32.1. The summed E-state index contributed by atoms with van der Waals surface area (Å²) in [6.07, 6.45) is 6.44. The molecule has 2 aliphatic rings. The van der Waals surface area contributed by atoms with Crippen molar-refractivity contribution in [3.63, 3.8) is 0 Å².